The topological polar surface area (TPSA) is 44.8 Å². The molecule has 0 saturated carbocycles. The summed E-state index contributed by atoms with van der Waals surface area (Å²) < 4.78 is 6.82. The van der Waals surface area contributed by atoms with E-state index in [1.165, 1.54) is 0 Å². The molecule has 2 amide bonds. The number of hydrogen-bond donors (Lipinski definition) is 1. The van der Waals surface area contributed by atoms with Gasteiger partial charge >= 0.3 is 6.03 Å². The quantitative estimate of drug-likeness (QED) is 0.741. The molecule has 2 atom stereocenters. The van der Waals surface area contributed by atoms with E-state index in [0.29, 0.717) is 25.3 Å². The first-order chi connectivity index (χ1) is 10.9. The molecule has 0 aromatic carbocycles. The fourth-order valence-electron chi connectivity index (χ4n) is 2.87. The van der Waals surface area contributed by atoms with Gasteiger partial charge < -0.3 is 15.0 Å². The van der Waals surface area contributed by atoms with Crippen LogP contribution in [0.2, 0.25) is 0 Å². The van der Waals surface area contributed by atoms with Gasteiger partial charge in [-0.15, -0.1) is 11.3 Å². The van der Waals surface area contributed by atoms with Crippen LogP contribution >= 0.6 is 27.3 Å². The molecule has 7 heteroatoms. The maximum absolute atomic E-state index is 12.1. The second-order valence-electron chi connectivity index (χ2n) is 6.22. The molecule has 130 valence electrons. The number of nitrogens with one attached hydrogen (secondary N) is 1. The molecule has 0 bridgehead atoms. The van der Waals surface area contributed by atoms with Crippen molar-refractivity contribution < 1.29 is 9.53 Å². The van der Waals surface area contributed by atoms with Gasteiger partial charge in [-0.1, -0.05) is 0 Å². The maximum atomic E-state index is 12.1. The minimum absolute atomic E-state index is 0.0176. The van der Waals surface area contributed by atoms with E-state index in [-0.39, 0.29) is 6.03 Å². The van der Waals surface area contributed by atoms with Crippen molar-refractivity contribution in [2.24, 2.45) is 0 Å². The van der Waals surface area contributed by atoms with E-state index in [1.54, 1.807) is 16.2 Å². The van der Waals surface area contributed by atoms with Crippen LogP contribution in [0.4, 0.5) is 4.79 Å². The van der Waals surface area contributed by atoms with Crippen molar-refractivity contribution in [1.82, 2.24) is 15.1 Å². The lowest BCUT2D eigenvalue weighted by atomic mass is 10.2. The van der Waals surface area contributed by atoms with Crippen LogP contribution in [0.3, 0.4) is 0 Å². The number of ether oxygens (including phenoxy) is 1. The van der Waals surface area contributed by atoms with E-state index < -0.39 is 0 Å². The highest BCUT2D eigenvalue weighted by Crippen LogP contribution is 2.21. The predicted molar refractivity (Wildman–Crippen MR) is 98.0 cm³/mol. The molecular weight excluding hydrogens is 378 g/mol. The van der Waals surface area contributed by atoms with Crippen LogP contribution in [0.15, 0.2) is 15.2 Å². The number of halogens is 1. The van der Waals surface area contributed by atoms with E-state index in [0.717, 1.165) is 35.4 Å². The number of hydrogen-bond acceptors (Lipinski definition) is 4. The molecule has 23 heavy (non-hydrogen) atoms. The Bertz CT molecular complexity index is 501. The van der Waals surface area contributed by atoms with E-state index in [2.05, 4.69) is 51.4 Å². The van der Waals surface area contributed by atoms with Crippen LogP contribution in [0.5, 0.6) is 0 Å². The fourth-order valence-corrected chi connectivity index (χ4v) is 4.07. The lowest BCUT2D eigenvalue weighted by Crippen LogP contribution is -2.46. The fraction of sp³-hybridized carbons (Fsp3) is 0.688. The van der Waals surface area contributed by atoms with Crippen molar-refractivity contribution >= 4 is 33.3 Å². The maximum Gasteiger partial charge on any atom is 0.317 e. The normalized spacial score (nSPS) is 22.1. The Kier molecular flexibility index (Phi) is 7.33. The number of urea groups is 1. The second kappa shape index (κ2) is 9.01. The van der Waals surface area contributed by atoms with Crippen LogP contribution < -0.4 is 5.32 Å². The third kappa shape index (κ3) is 6.41. The number of nitrogens with zero attached hydrogens (tertiary/aromatic N) is 2. The average Bonchev–Trinajstić information content (AvgIpc) is 2.87. The van der Waals surface area contributed by atoms with Gasteiger partial charge in [-0.3, -0.25) is 4.90 Å². The first-order valence-electron chi connectivity index (χ1n) is 8.03. The van der Waals surface area contributed by atoms with Crippen LogP contribution in [0.25, 0.3) is 0 Å². The van der Waals surface area contributed by atoms with Crippen molar-refractivity contribution in [3.8, 4) is 0 Å². The molecule has 0 unspecified atom stereocenters. The SMILES string of the molecule is C[C@@H]1CN(CCCNC(=O)N(C)Cc2csc(Br)c2)C[C@@H](C)O1. The largest absolute Gasteiger partial charge is 0.373 e. The molecule has 0 radical (unpaired) electrons. The average molecular weight is 404 g/mol. The van der Waals surface area contributed by atoms with Crippen molar-refractivity contribution in [1.29, 1.82) is 0 Å². The zero-order valence-electron chi connectivity index (χ0n) is 14.0. The number of carbonyl (C=O) groups excluding carboxylic acids is 1. The minimum atomic E-state index is -0.0176. The van der Waals surface area contributed by atoms with Crippen molar-refractivity contribution in [3.63, 3.8) is 0 Å². The highest BCUT2D eigenvalue weighted by molar-refractivity contribution is 9.11. The number of rotatable bonds is 6. The summed E-state index contributed by atoms with van der Waals surface area (Å²) in [4.78, 5) is 16.2. The lowest BCUT2D eigenvalue weighted by molar-refractivity contribution is -0.0679. The Morgan fingerprint density at radius 1 is 1.48 bits per heavy atom. The molecule has 1 saturated heterocycles. The third-order valence-electron chi connectivity index (χ3n) is 3.81. The Balaban J connectivity index is 1.62. The monoisotopic (exact) mass is 403 g/mol. The van der Waals surface area contributed by atoms with Crippen molar-refractivity contribution in [3.05, 3.63) is 20.8 Å². The number of thiophene rings is 1. The first kappa shape index (κ1) is 18.7. The van der Waals surface area contributed by atoms with Crippen molar-refractivity contribution in [2.75, 3.05) is 33.2 Å². The number of morpholine rings is 1. The highest BCUT2D eigenvalue weighted by atomic mass is 79.9. The van der Waals surface area contributed by atoms with Gasteiger partial charge in [0.25, 0.3) is 0 Å². The predicted octanol–water partition coefficient (Wildman–Crippen LogP) is 3.15. The van der Waals surface area contributed by atoms with Gasteiger partial charge in [-0.05, 0) is 53.2 Å². The summed E-state index contributed by atoms with van der Waals surface area (Å²) in [6.07, 6.45) is 1.55. The molecular formula is C16H26BrN3O2S. The van der Waals surface area contributed by atoms with Gasteiger partial charge in [0, 0.05) is 39.8 Å². The number of amides is 2. The Morgan fingerprint density at radius 2 is 2.17 bits per heavy atom. The summed E-state index contributed by atoms with van der Waals surface area (Å²) in [5, 5.41) is 5.06. The third-order valence-corrected chi connectivity index (χ3v) is 5.36. The van der Waals surface area contributed by atoms with Crippen LogP contribution in [-0.4, -0.2) is 61.3 Å². The molecule has 1 aliphatic heterocycles. The van der Waals surface area contributed by atoms with Gasteiger partial charge in [-0.2, -0.15) is 0 Å². The summed E-state index contributed by atoms with van der Waals surface area (Å²) in [5.74, 6) is 0. The lowest BCUT2D eigenvalue weighted by Gasteiger charge is -2.35. The van der Waals surface area contributed by atoms with E-state index >= 15 is 0 Å². The van der Waals surface area contributed by atoms with Crippen LogP contribution in [0.1, 0.15) is 25.8 Å². The molecule has 2 rings (SSSR count). The summed E-state index contributed by atoms with van der Waals surface area (Å²) in [5.41, 5.74) is 1.15. The zero-order chi connectivity index (χ0) is 16.8. The van der Waals surface area contributed by atoms with E-state index in [4.69, 9.17) is 4.74 Å². The molecule has 1 aliphatic rings. The molecule has 1 N–H and O–H groups in total. The molecule has 1 fully saturated rings. The molecule has 1 aromatic heterocycles. The first-order valence-corrected chi connectivity index (χ1v) is 9.71. The zero-order valence-corrected chi connectivity index (χ0v) is 16.5. The number of carbonyl (C=O) groups is 1. The Hall–Kier alpha value is -0.630. The summed E-state index contributed by atoms with van der Waals surface area (Å²) in [7, 11) is 1.83. The van der Waals surface area contributed by atoms with Gasteiger partial charge in [0.2, 0.25) is 0 Å². The van der Waals surface area contributed by atoms with Gasteiger partial charge in [-0.25, -0.2) is 4.79 Å². The van der Waals surface area contributed by atoms with Crippen LogP contribution in [-0.2, 0) is 11.3 Å². The van der Waals surface area contributed by atoms with E-state index in [1.807, 2.05) is 7.05 Å². The summed E-state index contributed by atoms with van der Waals surface area (Å²) in [6, 6.07) is 2.03. The Morgan fingerprint density at radius 3 is 2.78 bits per heavy atom. The molecule has 5 nitrogen and oxygen atoms in total. The van der Waals surface area contributed by atoms with Gasteiger partial charge in [0.05, 0.1) is 16.0 Å². The highest BCUT2D eigenvalue weighted by Gasteiger charge is 2.21. The van der Waals surface area contributed by atoms with Crippen LogP contribution in [0, 0.1) is 0 Å². The molecule has 1 aromatic rings. The van der Waals surface area contributed by atoms with Crippen molar-refractivity contribution in [2.45, 2.75) is 39.0 Å². The molecule has 0 spiro atoms. The Labute approximate surface area is 151 Å². The summed E-state index contributed by atoms with van der Waals surface area (Å²) >= 11 is 5.08. The molecule has 2 heterocycles. The summed E-state index contributed by atoms with van der Waals surface area (Å²) in [6.45, 7) is 8.52. The molecule has 0 aliphatic carbocycles. The standard InChI is InChI=1S/C16H26BrN3O2S/c1-12-8-20(9-13(2)22-12)6-4-5-18-16(21)19(3)10-14-7-15(17)23-11-14/h7,11-13H,4-6,8-10H2,1-3H3,(H,18,21)/t12-,13-/m1/s1. The smallest absolute Gasteiger partial charge is 0.317 e. The second-order valence-corrected chi connectivity index (χ2v) is 8.51. The minimum Gasteiger partial charge on any atom is -0.373 e. The van der Waals surface area contributed by atoms with E-state index in [9.17, 15) is 4.79 Å². The van der Waals surface area contributed by atoms with Gasteiger partial charge in [0.15, 0.2) is 0 Å². The van der Waals surface area contributed by atoms with Gasteiger partial charge in [0.1, 0.15) is 0 Å².